The lowest BCUT2D eigenvalue weighted by Crippen LogP contribution is -2.43. The van der Waals surface area contributed by atoms with E-state index in [1.165, 1.54) is 25.1 Å². The molecule has 3 aliphatic rings. The molecule has 2 fully saturated rings. The smallest absolute Gasteiger partial charge is 0.271 e. The summed E-state index contributed by atoms with van der Waals surface area (Å²) < 4.78 is 0. The van der Waals surface area contributed by atoms with Gasteiger partial charge in [0.2, 0.25) is 11.8 Å². The van der Waals surface area contributed by atoms with E-state index in [0.29, 0.717) is 5.56 Å². The van der Waals surface area contributed by atoms with Crippen LogP contribution in [0.15, 0.2) is 48.7 Å². The molecule has 8 nitrogen and oxygen atoms in total. The van der Waals surface area contributed by atoms with E-state index in [4.69, 9.17) is 0 Å². The van der Waals surface area contributed by atoms with Gasteiger partial charge in [0.05, 0.1) is 34.5 Å². The van der Waals surface area contributed by atoms with Gasteiger partial charge in [-0.2, -0.15) is 0 Å². The van der Waals surface area contributed by atoms with Crippen LogP contribution < -0.4 is 4.90 Å². The molecule has 31 heavy (non-hydrogen) atoms. The molecule has 3 heterocycles. The molecule has 2 saturated heterocycles. The first-order valence-corrected chi connectivity index (χ1v) is 9.99. The van der Waals surface area contributed by atoms with Crippen molar-refractivity contribution in [1.29, 1.82) is 0 Å². The fourth-order valence-corrected chi connectivity index (χ4v) is 5.21. The molecule has 2 aromatic rings. The molecule has 0 N–H and O–H groups in total. The van der Waals surface area contributed by atoms with Crippen molar-refractivity contribution in [3.63, 3.8) is 0 Å². The summed E-state index contributed by atoms with van der Waals surface area (Å²) in [4.78, 5) is 53.4. The van der Waals surface area contributed by atoms with Crippen LogP contribution in [-0.2, 0) is 14.4 Å². The van der Waals surface area contributed by atoms with E-state index >= 15 is 0 Å². The minimum absolute atomic E-state index is 0.194. The number of carbonyl (C=O) groups is 3. The van der Waals surface area contributed by atoms with Gasteiger partial charge in [0.15, 0.2) is 5.78 Å². The lowest BCUT2D eigenvalue weighted by Gasteiger charge is -2.35. The highest BCUT2D eigenvalue weighted by atomic mass is 16.6. The molecule has 0 bridgehead atoms. The lowest BCUT2D eigenvalue weighted by molar-refractivity contribution is -0.384. The van der Waals surface area contributed by atoms with E-state index in [9.17, 15) is 24.5 Å². The first kappa shape index (κ1) is 19.2. The number of ketones is 1. The molecule has 2 amide bonds. The maximum Gasteiger partial charge on any atom is 0.271 e. The van der Waals surface area contributed by atoms with E-state index in [1.807, 2.05) is 35.2 Å². The third kappa shape index (κ3) is 2.57. The predicted molar refractivity (Wildman–Crippen MR) is 112 cm³/mol. The number of nitro benzene ring substituents is 1. The number of nitrogens with zero attached hydrogens (tertiary/aromatic N) is 3. The number of anilines is 1. The van der Waals surface area contributed by atoms with Gasteiger partial charge in [-0.1, -0.05) is 30.3 Å². The molecular weight excluding hydrogens is 398 g/mol. The van der Waals surface area contributed by atoms with E-state index in [2.05, 4.69) is 0 Å². The van der Waals surface area contributed by atoms with Crippen LogP contribution in [0.5, 0.6) is 0 Å². The van der Waals surface area contributed by atoms with E-state index in [-0.39, 0.29) is 17.2 Å². The van der Waals surface area contributed by atoms with Gasteiger partial charge < -0.3 is 4.90 Å². The molecule has 3 aliphatic heterocycles. The Morgan fingerprint density at radius 3 is 2.48 bits per heavy atom. The Balaban J connectivity index is 1.66. The first-order chi connectivity index (χ1) is 14.8. The van der Waals surface area contributed by atoms with E-state index in [0.717, 1.165) is 16.0 Å². The quantitative estimate of drug-likeness (QED) is 0.432. The summed E-state index contributed by atoms with van der Waals surface area (Å²) in [5.74, 6) is -2.70. The van der Waals surface area contributed by atoms with Crippen LogP contribution in [0.4, 0.5) is 11.4 Å². The van der Waals surface area contributed by atoms with Gasteiger partial charge in [-0.25, -0.2) is 4.90 Å². The number of aryl methyl sites for hydroxylation is 1. The Kier molecular flexibility index (Phi) is 4.08. The lowest BCUT2D eigenvalue weighted by atomic mass is 9.84. The summed E-state index contributed by atoms with van der Waals surface area (Å²) in [6, 6.07) is 10.5. The summed E-state index contributed by atoms with van der Waals surface area (Å²) in [5, 5.41) is 11.3. The summed E-state index contributed by atoms with van der Waals surface area (Å²) in [6.07, 6.45) is 3.68. The third-order valence-corrected chi connectivity index (χ3v) is 6.52. The zero-order valence-electron chi connectivity index (χ0n) is 16.9. The maximum absolute atomic E-state index is 13.6. The second kappa shape index (κ2) is 6.60. The van der Waals surface area contributed by atoms with Crippen molar-refractivity contribution in [2.45, 2.75) is 25.9 Å². The van der Waals surface area contributed by atoms with Gasteiger partial charge in [-0.3, -0.25) is 24.5 Å². The minimum Gasteiger partial charge on any atom is -0.359 e. The molecule has 0 saturated carbocycles. The number of imide groups is 1. The number of non-ortho nitro benzene ring substituents is 1. The fraction of sp³-hybridized carbons (Fsp3) is 0.261. The average Bonchev–Trinajstić information content (AvgIpc) is 3.21. The molecule has 156 valence electrons. The molecule has 0 spiro atoms. The van der Waals surface area contributed by atoms with Crippen LogP contribution in [0.2, 0.25) is 0 Å². The summed E-state index contributed by atoms with van der Waals surface area (Å²) >= 11 is 0. The van der Waals surface area contributed by atoms with Crippen LogP contribution in [-0.4, -0.2) is 33.5 Å². The molecule has 2 aromatic carbocycles. The van der Waals surface area contributed by atoms with Gasteiger partial charge in [-0.15, -0.1) is 0 Å². The second-order valence-electron chi connectivity index (χ2n) is 8.18. The zero-order chi connectivity index (χ0) is 22.0. The Morgan fingerprint density at radius 1 is 1.06 bits per heavy atom. The number of nitro groups is 1. The molecule has 0 unspecified atom stereocenters. The molecule has 5 rings (SSSR count). The number of Topliss-reactive ketones (excluding diaryl/α,β-unsaturated/α-hetero) is 1. The van der Waals surface area contributed by atoms with Crippen molar-refractivity contribution in [3.05, 3.63) is 75.5 Å². The molecule has 0 radical (unpaired) electrons. The Bertz CT molecular complexity index is 1200. The SMILES string of the molecule is CC(=O)[C@@H]1[C@@H]2C(=O)N(c3cc([N+](=O)[O-])ccc3C)C(=O)[C@@H]2[C@H]2c3ccccc3C=CN12. The largest absolute Gasteiger partial charge is 0.359 e. The highest BCUT2D eigenvalue weighted by molar-refractivity contribution is 6.24. The number of benzene rings is 2. The van der Waals surface area contributed by atoms with Crippen LogP contribution in [0.25, 0.3) is 6.08 Å². The van der Waals surface area contributed by atoms with Gasteiger partial charge in [0, 0.05) is 18.3 Å². The highest BCUT2D eigenvalue weighted by Crippen LogP contribution is 2.53. The number of fused-ring (bicyclic) bond motifs is 5. The van der Waals surface area contributed by atoms with Crippen LogP contribution in [0.1, 0.15) is 29.7 Å². The number of hydrogen-bond acceptors (Lipinski definition) is 6. The molecule has 8 heteroatoms. The molecule has 0 aromatic heterocycles. The first-order valence-electron chi connectivity index (χ1n) is 9.99. The average molecular weight is 417 g/mol. The monoisotopic (exact) mass is 417 g/mol. The van der Waals surface area contributed by atoms with Crippen LogP contribution in [0.3, 0.4) is 0 Å². The minimum atomic E-state index is -0.843. The zero-order valence-corrected chi connectivity index (χ0v) is 16.9. The number of hydrogen-bond donors (Lipinski definition) is 0. The van der Waals surface area contributed by atoms with E-state index < -0.39 is 40.7 Å². The predicted octanol–water partition coefficient (Wildman–Crippen LogP) is 3.01. The molecule has 0 aliphatic carbocycles. The fourth-order valence-electron chi connectivity index (χ4n) is 5.21. The Morgan fingerprint density at radius 2 is 1.77 bits per heavy atom. The maximum atomic E-state index is 13.6. The Hall–Kier alpha value is -3.81. The van der Waals surface area contributed by atoms with Gasteiger partial charge in [0.1, 0.15) is 0 Å². The van der Waals surface area contributed by atoms with E-state index in [1.54, 1.807) is 13.1 Å². The van der Waals surface area contributed by atoms with Gasteiger partial charge >= 0.3 is 0 Å². The topological polar surface area (TPSA) is 101 Å². The van der Waals surface area contributed by atoms with Gasteiger partial charge in [-0.05, 0) is 36.6 Å². The third-order valence-electron chi connectivity index (χ3n) is 6.52. The van der Waals surface area contributed by atoms with Crippen molar-refractivity contribution in [2.75, 3.05) is 4.90 Å². The number of amides is 2. The highest BCUT2D eigenvalue weighted by Gasteiger charge is 2.64. The standard InChI is InChI=1S/C23H19N3O5/c1-12-7-8-15(26(30)31)11-17(12)25-22(28)18-19(23(25)29)21-16-6-4-3-5-14(16)9-10-24(21)20(18)13(2)27/h3-11,18-21H,1-2H3/t18-,19+,20-,21-/m1/s1. The number of rotatable bonds is 3. The number of carbonyl (C=O) groups excluding carboxylic acids is 3. The van der Waals surface area contributed by atoms with Crippen molar-refractivity contribution >= 4 is 35.0 Å². The van der Waals surface area contributed by atoms with Crippen molar-refractivity contribution in [3.8, 4) is 0 Å². The van der Waals surface area contributed by atoms with Crippen molar-refractivity contribution in [2.24, 2.45) is 11.8 Å². The normalized spacial score (nSPS) is 26.0. The van der Waals surface area contributed by atoms with Crippen molar-refractivity contribution in [1.82, 2.24) is 4.90 Å². The summed E-state index contributed by atoms with van der Waals surface area (Å²) in [5.41, 5.74) is 2.41. The molecular formula is C23H19N3O5. The summed E-state index contributed by atoms with van der Waals surface area (Å²) in [6.45, 7) is 3.12. The molecule has 4 atom stereocenters. The van der Waals surface area contributed by atoms with Gasteiger partial charge in [0.25, 0.3) is 5.69 Å². The van der Waals surface area contributed by atoms with Crippen LogP contribution >= 0.6 is 0 Å². The Labute approximate surface area is 177 Å². The second-order valence-corrected chi connectivity index (χ2v) is 8.18. The summed E-state index contributed by atoms with van der Waals surface area (Å²) in [7, 11) is 0. The van der Waals surface area contributed by atoms with Crippen LogP contribution in [0, 0.1) is 28.9 Å². The van der Waals surface area contributed by atoms with Crippen molar-refractivity contribution < 1.29 is 19.3 Å².